The van der Waals surface area contributed by atoms with Crippen LogP contribution in [0.2, 0.25) is 0 Å². The smallest absolute Gasteiger partial charge is 0.0291 e. The minimum absolute atomic E-state index is 0.424. The largest absolute Gasteiger partial charge is 0.310 e. The molecule has 0 saturated heterocycles. The van der Waals surface area contributed by atoms with Crippen molar-refractivity contribution in [2.75, 3.05) is 6.54 Å². The van der Waals surface area contributed by atoms with Gasteiger partial charge in [-0.1, -0.05) is 42.8 Å². The summed E-state index contributed by atoms with van der Waals surface area (Å²) in [4.78, 5) is 1.34. The fourth-order valence-electron chi connectivity index (χ4n) is 2.39. The van der Waals surface area contributed by atoms with E-state index in [-0.39, 0.29) is 0 Å². The molecule has 1 unspecified atom stereocenters. The average molecular weight is 299 g/mol. The van der Waals surface area contributed by atoms with Crippen molar-refractivity contribution in [2.24, 2.45) is 0 Å². The van der Waals surface area contributed by atoms with E-state index in [0.717, 1.165) is 12.3 Å². The fraction of sp³-hybridized carbons (Fsp3) is 0.368. The Morgan fingerprint density at radius 1 is 1.05 bits per heavy atom. The maximum Gasteiger partial charge on any atom is 0.0291 e. The van der Waals surface area contributed by atoms with Crippen LogP contribution in [-0.4, -0.2) is 6.54 Å². The highest BCUT2D eigenvalue weighted by atomic mass is 32.2. The number of benzene rings is 2. The topological polar surface area (TPSA) is 12.0 Å². The van der Waals surface area contributed by atoms with Crippen LogP contribution in [0.15, 0.2) is 47.4 Å². The van der Waals surface area contributed by atoms with Gasteiger partial charge in [-0.05, 0) is 56.1 Å². The van der Waals surface area contributed by atoms with Gasteiger partial charge in [-0.15, -0.1) is 11.8 Å². The van der Waals surface area contributed by atoms with Crippen LogP contribution < -0.4 is 5.32 Å². The van der Waals surface area contributed by atoms with Gasteiger partial charge in [-0.25, -0.2) is 0 Å². The molecule has 0 aliphatic heterocycles. The second kappa shape index (κ2) is 7.67. The summed E-state index contributed by atoms with van der Waals surface area (Å²) in [6.45, 7) is 9.71. The van der Waals surface area contributed by atoms with Crippen molar-refractivity contribution in [3.63, 3.8) is 0 Å². The van der Waals surface area contributed by atoms with E-state index in [1.54, 1.807) is 0 Å². The second-order valence-electron chi connectivity index (χ2n) is 5.57. The van der Waals surface area contributed by atoms with Crippen molar-refractivity contribution < 1.29 is 0 Å². The molecule has 21 heavy (non-hydrogen) atoms. The molecule has 0 bridgehead atoms. The summed E-state index contributed by atoms with van der Waals surface area (Å²) in [6.07, 6.45) is 0. The molecule has 2 aromatic carbocycles. The Labute approximate surface area is 133 Å². The minimum Gasteiger partial charge on any atom is -0.310 e. The number of aryl methyl sites for hydroxylation is 2. The predicted octanol–water partition coefficient (Wildman–Crippen LogP) is 5.27. The summed E-state index contributed by atoms with van der Waals surface area (Å²) in [6, 6.07) is 16.1. The van der Waals surface area contributed by atoms with Crippen LogP contribution in [0.1, 0.15) is 42.1 Å². The normalized spacial score (nSPS) is 12.4. The van der Waals surface area contributed by atoms with Gasteiger partial charge in [0, 0.05) is 16.7 Å². The molecule has 0 aromatic heterocycles. The van der Waals surface area contributed by atoms with Crippen molar-refractivity contribution in [1.82, 2.24) is 5.32 Å². The highest BCUT2D eigenvalue weighted by Gasteiger charge is 2.04. The zero-order valence-corrected chi connectivity index (χ0v) is 14.3. The molecule has 2 heteroatoms. The van der Waals surface area contributed by atoms with Gasteiger partial charge in [0.15, 0.2) is 0 Å². The number of nitrogens with one attached hydrogen (secondary N) is 1. The Morgan fingerprint density at radius 2 is 1.76 bits per heavy atom. The van der Waals surface area contributed by atoms with E-state index in [2.05, 4.69) is 75.5 Å². The van der Waals surface area contributed by atoms with Crippen LogP contribution in [0.25, 0.3) is 0 Å². The first-order valence-electron chi connectivity index (χ1n) is 7.62. The molecule has 1 atom stereocenters. The van der Waals surface area contributed by atoms with Crippen molar-refractivity contribution in [3.8, 4) is 0 Å². The van der Waals surface area contributed by atoms with Crippen LogP contribution in [0, 0.1) is 13.8 Å². The Morgan fingerprint density at radius 3 is 2.43 bits per heavy atom. The standard InChI is InChI=1S/C19H25NS/c1-5-20-16(4)17-8-10-19(11-9-17)21-13-18-12-14(2)6-7-15(18)3/h6-12,16,20H,5,13H2,1-4H3. The minimum atomic E-state index is 0.424. The molecule has 0 amide bonds. The molecule has 0 spiro atoms. The second-order valence-corrected chi connectivity index (χ2v) is 6.62. The van der Waals surface area contributed by atoms with Gasteiger partial charge in [0.1, 0.15) is 0 Å². The molecule has 2 rings (SSSR count). The molecular weight excluding hydrogens is 274 g/mol. The SMILES string of the molecule is CCNC(C)c1ccc(SCc2cc(C)ccc2C)cc1. The molecule has 1 N–H and O–H groups in total. The first-order chi connectivity index (χ1) is 10.1. The third kappa shape index (κ3) is 4.62. The van der Waals surface area contributed by atoms with E-state index >= 15 is 0 Å². The molecule has 0 fully saturated rings. The van der Waals surface area contributed by atoms with E-state index in [9.17, 15) is 0 Å². The van der Waals surface area contributed by atoms with Crippen LogP contribution in [-0.2, 0) is 5.75 Å². The van der Waals surface area contributed by atoms with Gasteiger partial charge in [-0.2, -0.15) is 0 Å². The zero-order valence-electron chi connectivity index (χ0n) is 13.4. The number of hydrogen-bond donors (Lipinski definition) is 1. The Kier molecular flexibility index (Phi) is 5.89. The van der Waals surface area contributed by atoms with Gasteiger partial charge in [0.05, 0.1) is 0 Å². The molecule has 112 valence electrons. The van der Waals surface area contributed by atoms with Gasteiger partial charge in [0.25, 0.3) is 0 Å². The Bertz CT molecular complexity index is 575. The first kappa shape index (κ1) is 16.1. The van der Waals surface area contributed by atoms with Crippen LogP contribution in [0.4, 0.5) is 0 Å². The number of rotatable bonds is 6. The van der Waals surface area contributed by atoms with Gasteiger partial charge < -0.3 is 5.32 Å². The first-order valence-corrected chi connectivity index (χ1v) is 8.61. The summed E-state index contributed by atoms with van der Waals surface area (Å²) in [7, 11) is 0. The number of thioether (sulfide) groups is 1. The summed E-state index contributed by atoms with van der Waals surface area (Å²) >= 11 is 1.91. The molecular formula is C19H25NS. The fourth-order valence-corrected chi connectivity index (χ4v) is 3.36. The summed E-state index contributed by atoms with van der Waals surface area (Å²) < 4.78 is 0. The van der Waals surface area contributed by atoms with Gasteiger partial charge >= 0.3 is 0 Å². The molecule has 0 aliphatic rings. The van der Waals surface area contributed by atoms with E-state index in [0.29, 0.717) is 6.04 Å². The summed E-state index contributed by atoms with van der Waals surface area (Å²) in [5.41, 5.74) is 5.51. The predicted molar refractivity (Wildman–Crippen MR) is 94.0 cm³/mol. The summed E-state index contributed by atoms with van der Waals surface area (Å²) in [5, 5.41) is 3.45. The van der Waals surface area contributed by atoms with Crippen LogP contribution in [0.3, 0.4) is 0 Å². The Hall–Kier alpha value is -1.25. The maximum atomic E-state index is 3.45. The molecule has 0 heterocycles. The lowest BCUT2D eigenvalue weighted by molar-refractivity contribution is 0.598. The zero-order chi connectivity index (χ0) is 15.2. The maximum absolute atomic E-state index is 3.45. The van der Waals surface area contributed by atoms with Crippen molar-refractivity contribution in [3.05, 3.63) is 64.7 Å². The monoisotopic (exact) mass is 299 g/mol. The Balaban J connectivity index is 1.99. The van der Waals surface area contributed by atoms with E-state index in [1.165, 1.54) is 27.1 Å². The quantitative estimate of drug-likeness (QED) is 0.730. The lowest BCUT2D eigenvalue weighted by Crippen LogP contribution is -2.17. The number of hydrogen-bond acceptors (Lipinski definition) is 2. The molecule has 0 saturated carbocycles. The van der Waals surface area contributed by atoms with Crippen molar-refractivity contribution in [2.45, 2.75) is 44.4 Å². The average Bonchev–Trinajstić information content (AvgIpc) is 2.49. The molecule has 1 nitrogen and oxygen atoms in total. The molecule has 0 aliphatic carbocycles. The van der Waals surface area contributed by atoms with E-state index in [4.69, 9.17) is 0 Å². The third-order valence-electron chi connectivity index (χ3n) is 3.79. The van der Waals surface area contributed by atoms with Crippen LogP contribution in [0.5, 0.6) is 0 Å². The third-order valence-corrected chi connectivity index (χ3v) is 4.85. The van der Waals surface area contributed by atoms with Crippen molar-refractivity contribution >= 4 is 11.8 Å². The van der Waals surface area contributed by atoms with Gasteiger partial charge in [-0.3, -0.25) is 0 Å². The highest BCUT2D eigenvalue weighted by molar-refractivity contribution is 7.98. The summed E-state index contributed by atoms with van der Waals surface area (Å²) in [5.74, 6) is 1.04. The van der Waals surface area contributed by atoms with E-state index in [1.807, 2.05) is 11.8 Å². The molecule has 2 aromatic rings. The lowest BCUT2D eigenvalue weighted by atomic mass is 10.1. The van der Waals surface area contributed by atoms with Gasteiger partial charge in [0.2, 0.25) is 0 Å². The van der Waals surface area contributed by atoms with E-state index < -0.39 is 0 Å². The highest BCUT2D eigenvalue weighted by Crippen LogP contribution is 2.26. The lowest BCUT2D eigenvalue weighted by Gasteiger charge is -2.13. The van der Waals surface area contributed by atoms with Crippen molar-refractivity contribution in [1.29, 1.82) is 0 Å². The van der Waals surface area contributed by atoms with Crippen LogP contribution >= 0.6 is 11.8 Å². The molecule has 0 radical (unpaired) electrons.